The molecule has 37 heavy (non-hydrogen) atoms. The Morgan fingerprint density at radius 1 is 1.05 bits per heavy atom. The van der Waals surface area contributed by atoms with Crippen molar-refractivity contribution < 1.29 is 18.8 Å². The van der Waals surface area contributed by atoms with Crippen LogP contribution in [0.3, 0.4) is 0 Å². The van der Waals surface area contributed by atoms with E-state index in [4.69, 9.17) is 23.8 Å². The molecule has 4 aromatic rings. The van der Waals surface area contributed by atoms with Crippen molar-refractivity contribution in [2.45, 2.75) is 6.54 Å². The summed E-state index contributed by atoms with van der Waals surface area (Å²) in [5, 5.41) is 6.47. The predicted molar refractivity (Wildman–Crippen MR) is 145 cm³/mol. The van der Waals surface area contributed by atoms with E-state index in [0.29, 0.717) is 16.3 Å². The lowest BCUT2D eigenvalue weighted by atomic mass is 10.1. The van der Waals surface area contributed by atoms with Crippen molar-refractivity contribution >= 4 is 75.0 Å². The maximum absolute atomic E-state index is 13.8. The second-order valence-corrected chi connectivity index (χ2v) is 9.05. The molecular formula is C27H18ClFN4O3S. The molecule has 2 N–H and O–H groups in total. The molecule has 10 heteroatoms. The van der Waals surface area contributed by atoms with E-state index in [9.17, 15) is 18.8 Å². The normalized spacial score (nSPS) is 14.8. The van der Waals surface area contributed by atoms with E-state index in [0.717, 1.165) is 21.9 Å². The molecule has 0 radical (unpaired) electrons. The fraction of sp³-hybridized carbons (Fsp3) is 0.0370. The van der Waals surface area contributed by atoms with Crippen LogP contribution < -0.4 is 15.5 Å². The third kappa shape index (κ3) is 5.00. The topological polar surface area (TPSA) is 83.4 Å². The summed E-state index contributed by atoms with van der Waals surface area (Å²) in [7, 11) is 0. The fourth-order valence-electron chi connectivity index (χ4n) is 4.07. The molecule has 5 rings (SSSR count). The van der Waals surface area contributed by atoms with Crippen molar-refractivity contribution in [3.8, 4) is 0 Å². The maximum atomic E-state index is 13.8. The molecule has 1 aromatic heterocycles. The van der Waals surface area contributed by atoms with Gasteiger partial charge in [0.05, 0.1) is 5.69 Å². The van der Waals surface area contributed by atoms with Crippen LogP contribution in [0, 0.1) is 5.82 Å². The Kier molecular flexibility index (Phi) is 6.56. The third-order valence-corrected chi connectivity index (χ3v) is 6.27. The summed E-state index contributed by atoms with van der Waals surface area (Å²) in [4.78, 5) is 39.9. The number of para-hydroxylation sites is 1. The van der Waals surface area contributed by atoms with Gasteiger partial charge in [-0.25, -0.2) is 4.39 Å². The van der Waals surface area contributed by atoms with Crippen molar-refractivity contribution in [3.63, 3.8) is 0 Å². The number of rotatable bonds is 5. The Hall–Kier alpha value is -4.34. The van der Waals surface area contributed by atoms with Crippen LogP contribution in [0.1, 0.15) is 5.56 Å². The summed E-state index contributed by atoms with van der Waals surface area (Å²) in [6.45, 7) is -0.00798. The molecular weight excluding hydrogens is 515 g/mol. The summed E-state index contributed by atoms with van der Waals surface area (Å²) in [5.41, 5.74) is 1.92. The first kappa shape index (κ1) is 24.4. The number of hydrogen-bond acceptors (Lipinski definition) is 4. The van der Waals surface area contributed by atoms with Crippen LogP contribution >= 0.6 is 23.8 Å². The zero-order chi connectivity index (χ0) is 26.1. The third-order valence-electron chi connectivity index (χ3n) is 5.73. The van der Waals surface area contributed by atoms with Crippen molar-refractivity contribution in [3.05, 3.63) is 101 Å². The molecule has 1 aliphatic rings. The molecule has 2 heterocycles. The standard InChI is InChI=1S/C27H18ClFN4O3S/c28-17-8-10-19(11-9-17)30-24(34)15-32-14-16(21-6-1-2-7-23(21)32)12-22-25(35)31-27(37)33(26(22)36)20-5-3-4-18(29)13-20/h1-14H,15H2,(H,30,34)(H,31,35,37)/b22-12+. The van der Waals surface area contributed by atoms with E-state index < -0.39 is 17.6 Å². The lowest BCUT2D eigenvalue weighted by molar-refractivity contribution is -0.122. The van der Waals surface area contributed by atoms with Crippen molar-refractivity contribution in [1.29, 1.82) is 0 Å². The number of fused-ring (bicyclic) bond motifs is 1. The second-order valence-electron chi connectivity index (χ2n) is 8.22. The summed E-state index contributed by atoms with van der Waals surface area (Å²) < 4.78 is 15.5. The smallest absolute Gasteiger partial charge is 0.270 e. The first-order valence-electron chi connectivity index (χ1n) is 11.1. The highest BCUT2D eigenvalue weighted by atomic mass is 35.5. The number of carbonyl (C=O) groups is 3. The molecule has 0 aliphatic carbocycles. The zero-order valence-electron chi connectivity index (χ0n) is 19.1. The van der Waals surface area contributed by atoms with E-state index >= 15 is 0 Å². The lowest BCUT2D eigenvalue weighted by Crippen LogP contribution is -2.54. The summed E-state index contributed by atoms with van der Waals surface area (Å²) >= 11 is 11.1. The number of carbonyl (C=O) groups excluding carboxylic acids is 3. The van der Waals surface area contributed by atoms with Gasteiger partial charge in [-0.15, -0.1) is 0 Å². The molecule has 0 atom stereocenters. The minimum Gasteiger partial charge on any atom is -0.337 e. The molecule has 0 bridgehead atoms. The molecule has 1 fully saturated rings. The number of nitrogens with zero attached hydrogens (tertiary/aromatic N) is 2. The number of amides is 3. The Bertz CT molecular complexity index is 1610. The van der Waals surface area contributed by atoms with E-state index in [1.807, 2.05) is 24.3 Å². The van der Waals surface area contributed by atoms with Gasteiger partial charge in [-0.3, -0.25) is 24.6 Å². The van der Waals surface area contributed by atoms with Gasteiger partial charge in [-0.1, -0.05) is 35.9 Å². The molecule has 0 spiro atoms. The van der Waals surface area contributed by atoms with Gasteiger partial charge in [0.2, 0.25) is 5.91 Å². The fourth-order valence-corrected chi connectivity index (χ4v) is 4.48. The number of benzene rings is 3. The van der Waals surface area contributed by atoms with E-state index in [1.54, 1.807) is 35.0 Å². The molecule has 184 valence electrons. The Morgan fingerprint density at radius 3 is 2.57 bits per heavy atom. The van der Waals surface area contributed by atoms with Gasteiger partial charge < -0.3 is 9.88 Å². The van der Waals surface area contributed by atoms with E-state index in [1.165, 1.54) is 24.3 Å². The van der Waals surface area contributed by atoms with Crippen molar-refractivity contribution in [1.82, 2.24) is 9.88 Å². The van der Waals surface area contributed by atoms with Crippen LogP contribution in [0.15, 0.2) is 84.6 Å². The SMILES string of the molecule is O=C(Cn1cc(/C=C2\C(=O)NC(=S)N(c3cccc(F)c3)C2=O)c2ccccc21)Nc1ccc(Cl)cc1. The highest BCUT2D eigenvalue weighted by Gasteiger charge is 2.34. The summed E-state index contributed by atoms with van der Waals surface area (Å²) in [5.74, 6) is -2.16. The lowest BCUT2D eigenvalue weighted by Gasteiger charge is -2.28. The molecule has 0 unspecified atom stereocenters. The quantitative estimate of drug-likeness (QED) is 0.217. The van der Waals surface area contributed by atoms with Gasteiger partial charge in [-0.05, 0) is 66.8 Å². The summed E-state index contributed by atoms with van der Waals surface area (Å²) in [6.07, 6.45) is 3.14. The summed E-state index contributed by atoms with van der Waals surface area (Å²) in [6, 6.07) is 19.4. The van der Waals surface area contributed by atoms with Gasteiger partial charge in [0.25, 0.3) is 11.8 Å². The van der Waals surface area contributed by atoms with Gasteiger partial charge in [-0.2, -0.15) is 0 Å². The second kappa shape index (κ2) is 9.96. The number of halogens is 2. The first-order valence-corrected chi connectivity index (χ1v) is 11.9. The Balaban J connectivity index is 1.48. The number of anilines is 2. The largest absolute Gasteiger partial charge is 0.337 e. The first-order chi connectivity index (χ1) is 17.8. The molecule has 0 saturated carbocycles. The van der Waals surface area contributed by atoms with Crippen LogP contribution in [0.2, 0.25) is 5.02 Å². The zero-order valence-corrected chi connectivity index (χ0v) is 20.6. The Morgan fingerprint density at radius 2 is 1.81 bits per heavy atom. The Labute approximate surface area is 221 Å². The predicted octanol–water partition coefficient (Wildman–Crippen LogP) is 4.90. The van der Waals surface area contributed by atoms with E-state index in [-0.39, 0.29) is 28.8 Å². The van der Waals surface area contributed by atoms with Crippen molar-refractivity contribution in [2.75, 3.05) is 10.2 Å². The average molecular weight is 533 g/mol. The molecule has 1 aliphatic heterocycles. The average Bonchev–Trinajstić information content (AvgIpc) is 3.20. The molecule has 1 saturated heterocycles. The van der Waals surface area contributed by atoms with E-state index in [2.05, 4.69) is 10.6 Å². The minimum atomic E-state index is -0.684. The minimum absolute atomic E-state index is 0.00798. The monoisotopic (exact) mass is 532 g/mol. The molecule has 3 amide bonds. The van der Waals surface area contributed by atoms with Crippen molar-refractivity contribution in [2.24, 2.45) is 0 Å². The van der Waals surface area contributed by atoms with Gasteiger partial charge in [0, 0.05) is 33.4 Å². The highest BCUT2D eigenvalue weighted by Crippen LogP contribution is 2.27. The van der Waals surface area contributed by atoms with Crippen LogP contribution in [-0.4, -0.2) is 27.4 Å². The number of hydrogen-bond donors (Lipinski definition) is 2. The van der Waals surface area contributed by atoms with Crippen LogP contribution in [0.5, 0.6) is 0 Å². The molecule has 3 aromatic carbocycles. The number of thiocarbonyl (C=S) groups is 1. The number of nitrogens with one attached hydrogen (secondary N) is 2. The van der Waals surface area contributed by atoms with Crippen LogP contribution in [-0.2, 0) is 20.9 Å². The van der Waals surface area contributed by atoms with Crippen LogP contribution in [0.25, 0.3) is 17.0 Å². The highest BCUT2D eigenvalue weighted by molar-refractivity contribution is 7.80. The van der Waals surface area contributed by atoms with Gasteiger partial charge >= 0.3 is 0 Å². The number of aromatic nitrogens is 1. The van der Waals surface area contributed by atoms with Gasteiger partial charge in [0.15, 0.2) is 5.11 Å². The molecule has 7 nitrogen and oxygen atoms in total. The van der Waals surface area contributed by atoms with Crippen LogP contribution in [0.4, 0.5) is 15.8 Å². The van der Waals surface area contributed by atoms with Gasteiger partial charge in [0.1, 0.15) is 17.9 Å². The maximum Gasteiger partial charge on any atom is 0.270 e.